The lowest BCUT2D eigenvalue weighted by molar-refractivity contribution is -0.137. The van der Waals surface area contributed by atoms with Crippen molar-refractivity contribution in [3.05, 3.63) is 59.7 Å². The second-order valence-electron chi connectivity index (χ2n) is 6.91. The lowest BCUT2D eigenvalue weighted by Gasteiger charge is -2.24. The summed E-state index contributed by atoms with van der Waals surface area (Å²) in [6.07, 6.45) is -3.81. The number of halogens is 3. The first-order valence-electron chi connectivity index (χ1n) is 9.00. The standard InChI is InChI=1S/C20H23F3N2O4S/c1-14-7-9-18(10-8-14)29-13-15(2)24-19(26)12-25(30(3,27)28)17-6-4-5-16(11-17)20(21,22)23/h4-11,15H,12-13H2,1-3H3,(H,24,26)/t15-/m1/s1. The van der Waals surface area contributed by atoms with Gasteiger partial charge < -0.3 is 10.1 Å². The summed E-state index contributed by atoms with van der Waals surface area (Å²) in [5.74, 6) is -0.0544. The van der Waals surface area contributed by atoms with Crippen molar-refractivity contribution >= 4 is 21.6 Å². The van der Waals surface area contributed by atoms with Crippen LogP contribution in [0.25, 0.3) is 0 Å². The molecule has 0 unspecified atom stereocenters. The average molecular weight is 444 g/mol. The minimum Gasteiger partial charge on any atom is -0.491 e. The van der Waals surface area contributed by atoms with Gasteiger partial charge in [0.15, 0.2) is 0 Å². The molecule has 6 nitrogen and oxygen atoms in total. The predicted molar refractivity (Wildman–Crippen MR) is 108 cm³/mol. The van der Waals surface area contributed by atoms with E-state index in [0.717, 1.165) is 24.0 Å². The fraction of sp³-hybridized carbons (Fsp3) is 0.350. The van der Waals surface area contributed by atoms with Crippen molar-refractivity contribution in [2.75, 3.05) is 23.7 Å². The van der Waals surface area contributed by atoms with Gasteiger partial charge >= 0.3 is 6.18 Å². The molecule has 2 aromatic rings. The first kappa shape index (κ1) is 23.5. The molecule has 0 radical (unpaired) electrons. The molecule has 1 N–H and O–H groups in total. The maximum absolute atomic E-state index is 12.9. The average Bonchev–Trinajstić information content (AvgIpc) is 2.64. The minimum atomic E-state index is -4.64. The molecule has 2 aromatic carbocycles. The van der Waals surface area contributed by atoms with E-state index in [-0.39, 0.29) is 12.3 Å². The Morgan fingerprint density at radius 2 is 1.80 bits per heavy atom. The third-order valence-corrected chi connectivity index (χ3v) is 5.22. The molecule has 1 amide bonds. The van der Waals surface area contributed by atoms with Crippen molar-refractivity contribution < 1.29 is 31.1 Å². The van der Waals surface area contributed by atoms with Gasteiger partial charge in [-0.2, -0.15) is 13.2 Å². The zero-order valence-corrected chi connectivity index (χ0v) is 17.5. The Balaban J connectivity index is 2.04. The number of rotatable bonds is 8. The highest BCUT2D eigenvalue weighted by Gasteiger charge is 2.32. The second-order valence-corrected chi connectivity index (χ2v) is 8.82. The van der Waals surface area contributed by atoms with E-state index in [1.165, 1.54) is 6.07 Å². The van der Waals surface area contributed by atoms with Gasteiger partial charge in [0.2, 0.25) is 15.9 Å². The zero-order chi connectivity index (χ0) is 22.5. The van der Waals surface area contributed by atoms with Crippen LogP contribution in [-0.4, -0.2) is 39.8 Å². The van der Waals surface area contributed by atoms with Gasteiger partial charge in [0.05, 0.1) is 23.5 Å². The van der Waals surface area contributed by atoms with E-state index >= 15 is 0 Å². The van der Waals surface area contributed by atoms with E-state index in [2.05, 4.69) is 5.32 Å². The highest BCUT2D eigenvalue weighted by molar-refractivity contribution is 7.92. The number of hydrogen-bond acceptors (Lipinski definition) is 4. The number of anilines is 1. The maximum atomic E-state index is 12.9. The number of nitrogens with zero attached hydrogens (tertiary/aromatic N) is 1. The number of nitrogens with one attached hydrogen (secondary N) is 1. The number of sulfonamides is 1. The van der Waals surface area contributed by atoms with Gasteiger partial charge in [0, 0.05) is 0 Å². The molecule has 0 saturated heterocycles. The molecular weight excluding hydrogens is 421 g/mol. The Morgan fingerprint density at radius 3 is 2.37 bits per heavy atom. The van der Waals surface area contributed by atoms with Crippen LogP contribution >= 0.6 is 0 Å². The van der Waals surface area contributed by atoms with Crippen molar-refractivity contribution in [1.82, 2.24) is 5.32 Å². The molecule has 30 heavy (non-hydrogen) atoms. The number of benzene rings is 2. The number of alkyl halides is 3. The highest BCUT2D eigenvalue weighted by Crippen LogP contribution is 2.32. The molecule has 2 rings (SSSR count). The van der Waals surface area contributed by atoms with Crippen LogP contribution in [0.5, 0.6) is 5.75 Å². The molecule has 0 aliphatic heterocycles. The maximum Gasteiger partial charge on any atom is 0.416 e. The molecule has 0 aliphatic rings. The van der Waals surface area contributed by atoms with Crippen molar-refractivity contribution in [1.29, 1.82) is 0 Å². The van der Waals surface area contributed by atoms with Crippen LogP contribution in [0.4, 0.5) is 18.9 Å². The quantitative estimate of drug-likeness (QED) is 0.678. The molecule has 0 aromatic heterocycles. The van der Waals surface area contributed by atoms with Gasteiger partial charge in [-0.25, -0.2) is 8.42 Å². The molecule has 0 bridgehead atoms. The molecule has 0 fully saturated rings. The van der Waals surface area contributed by atoms with Gasteiger partial charge in [-0.3, -0.25) is 9.10 Å². The van der Waals surface area contributed by atoms with Crippen LogP contribution < -0.4 is 14.4 Å². The summed E-state index contributed by atoms with van der Waals surface area (Å²) in [6.45, 7) is 3.08. The van der Waals surface area contributed by atoms with Crippen molar-refractivity contribution in [3.63, 3.8) is 0 Å². The highest BCUT2D eigenvalue weighted by atomic mass is 32.2. The summed E-state index contributed by atoms with van der Waals surface area (Å²) >= 11 is 0. The van der Waals surface area contributed by atoms with Crippen molar-refractivity contribution in [2.45, 2.75) is 26.1 Å². The summed E-state index contributed by atoms with van der Waals surface area (Å²) < 4.78 is 69.2. The van der Waals surface area contributed by atoms with Crippen LogP contribution in [0.15, 0.2) is 48.5 Å². The van der Waals surface area contributed by atoms with Gasteiger partial charge in [-0.15, -0.1) is 0 Å². The van der Waals surface area contributed by atoms with Crippen LogP contribution in [0.3, 0.4) is 0 Å². The molecule has 0 heterocycles. The Morgan fingerprint density at radius 1 is 1.17 bits per heavy atom. The monoisotopic (exact) mass is 444 g/mol. The van der Waals surface area contributed by atoms with E-state index in [0.29, 0.717) is 16.1 Å². The van der Waals surface area contributed by atoms with E-state index < -0.39 is 40.3 Å². The van der Waals surface area contributed by atoms with Gasteiger partial charge in [-0.05, 0) is 44.2 Å². The number of amides is 1. The van der Waals surface area contributed by atoms with E-state index in [4.69, 9.17) is 4.74 Å². The Hall–Kier alpha value is -2.75. The smallest absolute Gasteiger partial charge is 0.416 e. The fourth-order valence-corrected chi connectivity index (χ4v) is 3.43. The van der Waals surface area contributed by atoms with Gasteiger partial charge in [0.25, 0.3) is 0 Å². The van der Waals surface area contributed by atoms with Crippen LogP contribution in [0.1, 0.15) is 18.1 Å². The second kappa shape index (κ2) is 9.38. The minimum absolute atomic E-state index is 0.136. The largest absolute Gasteiger partial charge is 0.491 e. The number of carbonyl (C=O) groups is 1. The zero-order valence-electron chi connectivity index (χ0n) is 16.7. The topological polar surface area (TPSA) is 75.7 Å². The number of aryl methyl sites for hydroxylation is 1. The Kier molecular flexibility index (Phi) is 7.35. The van der Waals surface area contributed by atoms with E-state index in [9.17, 15) is 26.4 Å². The van der Waals surface area contributed by atoms with Crippen LogP contribution in [0.2, 0.25) is 0 Å². The first-order valence-corrected chi connectivity index (χ1v) is 10.8. The fourth-order valence-electron chi connectivity index (χ4n) is 2.59. The number of ether oxygens (including phenoxy) is 1. The third-order valence-electron chi connectivity index (χ3n) is 4.08. The normalized spacial score (nSPS) is 12.9. The lowest BCUT2D eigenvalue weighted by Crippen LogP contribution is -2.45. The number of hydrogen-bond donors (Lipinski definition) is 1. The van der Waals surface area contributed by atoms with Crippen LogP contribution in [0, 0.1) is 6.92 Å². The molecule has 0 spiro atoms. The molecule has 0 saturated carbocycles. The summed E-state index contributed by atoms with van der Waals surface area (Å²) in [5, 5.41) is 2.59. The van der Waals surface area contributed by atoms with Gasteiger partial charge in [0.1, 0.15) is 18.9 Å². The first-order chi connectivity index (χ1) is 13.9. The van der Waals surface area contributed by atoms with Crippen molar-refractivity contribution in [2.24, 2.45) is 0 Å². The third kappa shape index (κ3) is 6.94. The van der Waals surface area contributed by atoms with Crippen molar-refractivity contribution in [3.8, 4) is 5.75 Å². The SMILES string of the molecule is Cc1ccc(OC[C@@H](C)NC(=O)CN(c2cccc(C(F)(F)F)c2)S(C)(=O)=O)cc1. The van der Waals surface area contributed by atoms with E-state index in [1.54, 1.807) is 19.1 Å². The predicted octanol–water partition coefficient (Wildman–Crippen LogP) is 3.36. The molecule has 1 atom stereocenters. The molecule has 164 valence electrons. The van der Waals surface area contributed by atoms with E-state index in [1.807, 2.05) is 19.1 Å². The molecule has 0 aliphatic carbocycles. The Bertz CT molecular complexity index is 976. The summed E-state index contributed by atoms with van der Waals surface area (Å²) in [5.41, 5.74) is -0.181. The molecular formula is C20H23F3N2O4S. The Labute approximate surface area is 173 Å². The summed E-state index contributed by atoms with van der Waals surface area (Å²) in [6, 6.07) is 10.7. The lowest BCUT2D eigenvalue weighted by atomic mass is 10.2. The van der Waals surface area contributed by atoms with Crippen LogP contribution in [-0.2, 0) is 21.0 Å². The summed E-state index contributed by atoms with van der Waals surface area (Å²) in [4.78, 5) is 12.3. The summed E-state index contributed by atoms with van der Waals surface area (Å²) in [7, 11) is -4.00. The van der Waals surface area contributed by atoms with Gasteiger partial charge in [-0.1, -0.05) is 23.8 Å². The molecule has 10 heteroatoms. The number of carbonyl (C=O) groups excluding carboxylic acids is 1.